The molecule has 0 amide bonds. The molecule has 1 fully saturated rings. The fourth-order valence-corrected chi connectivity index (χ4v) is 3.62. The zero-order valence-electron chi connectivity index (χ0n) is 11.8. The summed E-state index contributed by atoms with van der Waals surface area (Å²) in [5.41, 5.74) is 1.25. The molecule has 110 valence electrons. The zero-order chi connectivity index (χ0) is 13.8. The molecule has 0 spiro atoms. The normalized spacial score (nSPS) is 19.6. The first-order valence-electron chi connectivity index (χ1n) is 7.64. The molecule has 0 bridgehead atoms. The zero-order valence-corrected chi connectivity index (χ0v) is 13.4. The average molecular weight is 340 g/mol. The predicted octanol–water partition coefficient (Wildman–Crippen LogP) is 4.03. The minimum Gasteiger partial charge on any atom is -0.486 e. The van der Waals surface area contributed by atoms with Crippen molar-refractivity contribution in [2.75, 3.05) is 13.2 Å². The molecule has 3 rings (SSSR count). The van der Waals surface area contributed by atoms with Crippen LogP contribution in [-0.4, -0.2) is 19.3 Å². The summed E-state index contributed by atoms with van der Waals surface area (Å²) in [4.78, 5) is 0. The third-order valence-corrected chi connectivity index (χ3v) is 4.70. The van der Waals surface area contributed by atoms with E-state index in [9.17, 15) is 0 Å². The smallest absolute Gasteiger partial charge is 0.175 e. The molecule has 3 nitrogen and oxygen atoms in total. The second kappa shape index (κ2) is 6.81. The molecular weight excluding hydrogens is 318 g/mol. The van der Waals surface area contributed by atoms with E-state index < -0.39 is 0 Å². The molecule has 0 aromatic heterocycles. The van der Waals surface area contributed by atoms with E-state index in [0.717, 1.165) is 22.5 Å². The third-order valence-electron chi connectivity index (χ3n) is 4.11. The first-order valence-corrected chi connectivity index (χ1v) is 8.43. The second-order valence-corrected chi connectivity index (χ2v) is 6.53. The van der Waals surface area contributed by atoms with Crippen molar-refractivity contribution in [2.24, 2.45) is 0 Å². The lowest BCUT2D eigenvalue weighted by Crippen LogP contribution is -2.28. The molecule has 0 saturated heterocycles. The van der Waals surface area contributed by atoms with Crippen LogP contribution in [-0.2, 0) is 6.54 Å². The molecule has 0 unspecified atom stereocenters. The van der Waals surface area contributed by atoms with Crippen LogP contribution >= 0.6 is 15.9 Å². The van der Waals surface area contributed by atoms with E-state index in [0.29, 0.717) is 19.3 Å². The highest BCUT2D eigenvalue weighted by molar-refractivity contribution is 9.10. The molecule has 2 aliphatic rings. The summed E-state index contributed by atoms with van der Waals surface area (Å²) in [5, 5.41) is 3.69. The maximum absolute atomic E-state index is 5.67. The lowest BCUT2D eigenvalue weighted by atomic mass is 10.1. The van der Waals surface area contributed by atoms with Gasteiger partial charge in [-0.25, -0.2) is 0 Å². The SMILES string of the molecule is Brc1cc(CNC2CCCCCC2)cc2c1OCCO2. The molecule has 1 aromatic carbocycles. The maximum atomic E-state index is 5.67. The number of ether oxygens (including phenoxy) is 2. The van der Waals surface area contributed by atoms with E-state index in [-0.39, 0.29) is 0 Å². The topological polar surface area (TPSA) is 30.5 Å². The molecule has 1 aromatic rings. The first-order chi connectivity index (χ1) is 9.83. The molecule has 0 radical (unpaired) electrons. The van der Waals surface area contributed by atoms with Gasteiger partial charge in [-0.05, 0) is 46.5 Å². The molecule has 1 saturated carbocycles. The number of benzene rings is 1. The Kier molecular flexibility index (Phi) is 4.84. The van der Waals surface area contributed by atoms with E-state index in [1.165, 1.54) is 44.1 Å². The monoisotopic (exact) mass is 339 g/mol. The van der Waals surface area contributed by atoms with E-state index in [2.05, 4.69) is 33.4 Å². The van der Waals surface area contributed by atoms with Crippen molar-refractivity contribution < 1.29 is 9.47 Å². The van der Waals surface area contributed by atoms with Crippen molar-refractivity contribution in [3.8, 4) is 11.5 Å². The van der Waals surface area contributed by atoms with Crippen LogP contribution in [0, 0.1) is 0 Å². The van der Waals surface area contributed by atoms with Gasteiger partial charge in [0.1, 0.15) is 13.2 Å². The van der Waals surface area contributed by atoms with Gasteiger partial charge in [0, 0.05) is 12.6 Å². The summed E-state index contributed by atoms with van der Waals surface area (Å²) in [6.45, 7) is 2.17. The molecule has 20 heavy (non-hydrogen) atoms. The molecule has 4 heteroatoms. The Bertz CT molecular complexity index is 456. The Labute approximate surface area is 129 Å². The lowest BCUT2D eigenvalue weighted by Gasteiger charge is -2.21. The Morgan fingerprint density at radius 1 is 1.05 bits per heavy atom. The molecule has 1 heterocycles. The number of rotatable bonds is 3. The van der Waals surface area contributed by atoms with Crippen molar-refractivity contribution in [1.82, 2.24) is 5.32 Å². The highest BCUT2D eigenvalue weighted by atomic mass is 79.9. The van der Waals surface area contributed by atoms with Crippen LogP contribution in [0.3, 0.4) is 0 Å². The van der Waals surface area contributed by atoms with Crippen LogP contribution < -0.4 is 14.8 Å². The summed E-state index contributed by atoms with van der Waals surface area (Å²) in [6.07, 6.45) is 8.14. The standard InChI is InChI=1S/C16H22BrNO2/c17-14-9-12(10-15-16(14)20-8-7-19-15)11-18-13-5-3-1-2-4-6-13/h9-10,13,18H,1-8,11H2. The van der Waals surface area contributed by atoms with Gasteiger partial charge in [0.15, 0.2) is 11.5 Å². The highest BCUT2D eigenvalue weighted by Crippen LogP contribution is 2.38. The summed E-state index contributed by atoms with van der Waals surface area (Å²) in [7, 11) is 0. The molecule has 0 atom stereocenters. The Morgan fingerprint density at radius 3 is 2.60 bits per heavy atom. The van der Waals surface area contributed by atoms with Crippen LogP contribution in [0.4, 0.5) is 0 Å². The Hall–Kier alpha value is -0.740. The van der Waals surface area contributed by atoms with Crippen molar-refractivity contribution in [1.29, 1.82) is 0 Å². The van der Waals surface area contributed by atoms with Gasteiger partial charge in [-0.15, -0.1) is 0 Å². The van der Waals surface area contributed by atoms with E-state index >= 15 is 0 Å². The highest BCUT2D eigenvalue weighted by Gasteiger charge is 2.17. The van der Waals surface area contributed by atoms with Crippen LogP contribution in [0.25, 0.3) is 0 Å². The van der Waals surface area contributed by atoms with Crippen molar-refractivity contribution in [2.45, 2.75) is 51.1 Å². The van der Waals surface area contributed by atoms with Gasteiger partial charge < -0.3 is 14.8 Å². The van der Waals surface area contributed by atoms with E-state index in [1.54, 1.807) is 0 Å². The molecule has 1 aliphatic heterocycles. The number of halogens is 1. The van der Waals surface area contributed by atoms with Crippen molar-refractivity contribution >= 4 is 15.9 Å². The van der Waals surface area contributed by atoms with Gasteiger partial charge in [-0.3, -0.25) is 0 Å². The van der Waals surface area contributed by atoms with Crippen LogP contribution in [0.2, 0.25) is 0 Å². The van der Waals surface area contributed by atoms with Crippen LogP contribution in [0.1, 0.15) is 44.1 Å². The minimum absolute atomic E-state index is 0.630. The van der Waals surface area contributed by atoms with Gasteiger partial charge in [0.05, 0.1) is 4.47 Å². The summed E-state index contributed by atoms with van der Waals surface area (Å²) in [5.74, 6) is 1.71. The summed E-state index contributed by atoms with van der Waals surface area (Å²) in [6, 6.07) is 4.91. The van der Waals surface area contributed by atoms with E-state index in [4.69, 9.17) is 9.47 Å². The van der Waals surface area contributed by atoms with Gasteiger partial charge in [-0.1, -0.05) is 25.7 Å². The third kappa shape index (κ3) is 3.47. The van der Waals surface area contributed by atoms with Crippen LogP contribution in [0.5, 0.6) is 11.5 Å². The molecular formula is C16H22BrNO2. The average Bonchev–Trinajstić information content (AvgIpc) is 2.74. The minimum atomic E-state index is 0.630. The lowest BCUT2D eigenvalue weighted by molar-refractivity contribution is 0.170. The Balaban J connectivity index is 1.63. The first kappa shape index (κ1) is 14.2. The molecule has 1 N–H and O–H groups in total. The maximum Gasteiger partial charge on any atom is 0.175 e. The predicted molar refractivity (Wildman–Crippen MR) is 83.5 cm³/mol. The quantitative estimate of drug-likeness (QED) is 0.843. The van der Waals surface area contributed by atoms with Crippen molar-refractivity contribution in [3.63, 3.8) is 0 Å². The fourth-order valence-electron chi connectivity index (χ4n) is 3.01. The van der Waals surface area contributed by atoms with Gasteiger partial charge in [0.25, 0.3) is 0 Å². The molecule has 1 aliphatic carbocycles. The number of fused-ring (bicyclic) bond motifs is 1. The number of nitrogens with one attached hydrogen (secondary N) is 1. The number of hydrogen-bond donors (Lipinski definition) is 1. The summed E-state index contributed by atoms with van der Waals surface area (Å²) < 4.78 is 12.3. The van der Waals surface area contributed by atoms with Crippen molar-refractivity contribution in [3.05, 3.63) is 22.2 Å². The number of hydrogen-bond acceptors (Lipinski definition) is 3. The van der Waals surface area contributed by atoms with Gasteiger partial charge in [-0.2, -0.15) is 0 Å². The second-order valence-electron chi connectivity index (χ2n) is 5.67. The summed E-state index contributed by atoms with van der Waals surface area (Å²) >= 11 is 3.58. The van der Waals surface area contributed by atoms with E-state index in [1.807, 2.05) is 0 Å². The largest absolute Gasteiger partial charge is 0.486 e. The fraction of sp³-hybridized carbons (Fsp3) is 0.625. The Morgan fingerprint density at radius 2 is 1.80 bits per heavy atom. The van der Waals surface area contributed by atoms with Crippen LogP contribution in [0.15, 0.2) is 16.6 Å². The van der Waals surface area contributed by atoms with Gasteiger partial charge >= 0.3 is 0 Å². The van der Waals surface area contributed by atoms with Gasteiger partial charge in [0.2, 0.25) is 0 Å².